The first-order chi connectivity index (χ1) is 7.59. The molecular weight excluding hydrogens is 208 g/mol. The number of hydrogen-bond donors (Lipinski definition) is 3. The molecule has 16 heavy (non-hydrogen) atoms. The molecule has 0 heterocycles. The molecule has 0 aliphatic rings. The van der Waals surface area contributed by atoms with Gasteiger partial charge in [0, 0.05) is 25.7 Å². The van der Waals surface area contributed by atoms with Gasteiger partial charge < -0.3 is 15.7 Å². The van der Waals surface area contributed by atoms with Crippen LogP contribution in [-0.2, 0) is 4.79 Å². The molecule has 0 aliphatic heterocycles. The van der Waals surface area contributed by atoms with Crippen LogP contribution in [0.1, 0.15) is 17.3 Å². The predicted molar refractivity (Wildman–Crippen MR) is 60.6 cm³/mol. The molecule has 0 bridgehead atoms. The van der Waals surface area contributed by atoms with E-state index in [0.717, 1.165) is 5.69 Å². The van der Waals surface area contributed by atoms with Gasteiger partial charge in [-0.05, 0) is 24.3 Å². The Balaban J connectivity index is 2.38. The minimum atomic E-state index is -0.940. The minimum Gasteiger partial charge on any atom is -0.478 e. The molecule has 0 fully saturated rings. The Hall–Kier alpha value is -2.04. The molecule has 1 aromatic carbocycles. The number of carbonyl (C=O) groups excluding carboxylic acids is 1. The van der Waals surface area contributed by atoms with E-state index in [1.165, 1.54) is 19.1 Å². The largest absolute Gasteiger partial charge is 0.478 e. The van der Waals surface area contributed by atoms with Crippen molar-refractivity contribution in [3.05, 3.63) is 29.8 Å². The standard InChI is InChI=1S/C11H14N2O3/c1-8(14)12-6-7-13-10-4-2-9(3-5-10)11(15)16/h2-5,13H,6-7H2,1H3,(H,12,14)(H,15,16). The maximum atomic E-state index is 10.6. The fraction of sp³-hybridized carbons (Fsp3) is 0.273. The van der Waals surface area contributed by atoms with Crippen molar-refractivity contribution in [2.45, 2.75) is 6.92 Å². The van der Waals surface area contributed by atoms with Crippen molar-refractivity contribution >= 4 is 17.6 Å². The number of benzene rings is 1. The second-order valence-electron chi connectivity index (χ2n) is 3.29. The van der Waals surface area contributed by atoms with Crippen molar-refractivity contribution in [3.8, 4) is 0 Å². The van der Waals surface area contributed by atoms with Crippen LogP contribution in [0.4, 0.5) is 5.69 Å². The Labute approximate surface area is 93.5 Å². The fourth-order valence-electron chi connectivity index (χ4n) is 1.18. The highest BCUT2D eigenvalue weighted by atomic mass is 16.4. The lowest BCUT2D eigenvalue weighted by Gasteiger charge is -2.06. The molecule has 3 N–H and O–H groups in total. The number of rotatable bonds is 5. The van der Waals surface area contributed by atoms with E-state index in [9.17, 15) is 9.59 Å². The fourth-order valence-corrected chi connectivity index (χ4v) is 1.18. The van der Waals surface area contributed by atoms with Crippen LogP contribution in [-0.4, -0.2) is 30.1 Å². The van der Waals surface area contributed by atoms with Crippen molar-refractivity contribution in [2.24, 2.45) is 0 Å². The monoisotopic (exact) mass is 222 g/mol. The molecule has 1 amide bonds. The second-order valence-corrected chi connectivity index (χ2v) is 3.29. The molecular formula is C11H14N2O3. The lowest BCUT2D eigenvalue weighted by Crippen LogP contribution is -2.26. The molecule has 0 saturated carbocycles. The maximum Gasteiger partial charge on any atom is 0.335 e. The Morgan fingerprint density at radius 2 is 1.81 bits per heavy atom. The van der Waals surface area contributed by atoms with Crippen LogP contribution in [0.15, 0.2) is 24.3 Å². The van der Waals surface area contributed by atoms with Gasteiger partial charge in [0.05, 0.1) is 5.56 Å². The summed E-state index contributed by atoms with van der Waals surface area (Å²) in [5.74, 6) is -1.01. The number of carboxylic acids is 1. The lowest BCUT2D eigenvalue weighted by molar-refractivity contribution is -0.118. The van der Waals surface area contributed by atoms with Crippen molar-refractivity contribution in [2.75, 3.05) is 18.4 Å². The molecule has 0 radical (unpaired) electrons. The van der Waals surface area contributed by atoms with Crippen molar-refractivity contribution < 1.29 is 14.7 Å². The maximum absolute atomic E-state index is 10.6. The minimum absolute atomic E-state index is 0.0666. The summed E-state index contributed by atoms with van der Waals surface area (Å²) in [6.07, 6.45) is 0. The predicted octanol–water partition coefficient (Wildman–Crippen LogP) is 0.933. The molecule has 1 aromatic rings. The number of hydrogen-bond acceptors (Lipinski definition) is 3. The van der Waals surface area contributed by atoms with Gasteiger partial charge in [-0.3, -0.25) is 4.79 Å². The van der Waals surface area contributed by atoms with Crippen molar-refractivity contribution in [1.82, 2.24) is 5.32 Å². The Kier molecular flexibility index (Phi) is 4.32. The lowest BCUT2D eigenvalue weighted by atomic mass is 10.2. The second kappa shape index (κ2) is 5.75. The van der Waals surface area contributed by atoms with E-state index >= 15 is 0 Å². The summed E-state index contributed by atoms with van der Waals surface area (Å²) in [5, 5.41) is 14.4. The van der Waals surface area contributed by atoms with E-state index in [1.54, 1.807) is 12.1 Å². The van der Waals surface area contributed by atoms with Crippen LogP contribution in [0.25, 0.3) is 0 Å². The Bertz CT molecular complexity index is 373. The summed E-state index contributed by atoms with van der Waals surface area (Å²) in [4.78, 5) is 21.2. The van der Waals surface area contributed by atoms with Crippen LogP contribution in [0.2, 0.25) is 0 Å². The molecule has 0 spiro atoms. The Morgan fingerprint density at radius 3 is 2.31 bits per heavy atom. The first-order valence-electron chi connectivity index (χ1n) is 4.91. The van der Waals surface area contributed by atoms with Gasteiger partial charge in [-0.25, -0.2) is 4.79 Å². The van der Waals surface area contributed by atoms with E-state index in [-0.39, 0.29) is 11.5 Å². The van der Waals surface area contributed by atoms with Crippen LogP contribution in [0.5, 0.6) is 0 Å². The highest BCUT2D eigenvalue weighted by Gasteiger charge is 2.00. The average molecular weight is 222 g/mol. The molecule has 0 aliphatic carbocycles. The van der Waals surface area contributed by atoms with E-state index < -0.39 is 5.97 Å². The summed E-state index contributed by atoms with van der Waals surface area (Å²) < 4.78 is 0. The molecule has 0 unspecified atom stereocenters. The van der Waals surface area contributed by atoms with E-state index in [1.807, 2.05) is 0 Å². The number of carbonyl (C=O) groups is 2. The summed E-state index contributed by atoms with van der Waals surface area (Å²) in [6, 6.07) is 6.45. The van der Waals surface area contributed by atoms with Crippen LogP contribution in [0.3, 0.4) is 0 Å². The molecule has 1 rings (SSSR count). The zero-order valence-corrected chi connectivity index (χ0v) is 8.99. The van der Waals surface area contributed by atoms with Gasteiger partial charge in [0.1, 0.15) is 0 Å². The normalized spacial score (nSPS) is 9.56. The highest BCUT2D eigenvalue weighted by molar-refractivity contribution is 5.87. The van der Waals surface area contributed by atoms with Crippen molar-refractivity contribution in [3.63, 3.8) is 0 Å². The third-order valence-electron chi connectivity index (χ3n) is 1.96. The quantitative estimate of drug-likeness (QED) is 0.648. The number of amides is 1. The number of carboxylic acid groups (broad SMARTS) is 1. The van der Waals surface area contributed by atoms with Gasteiger partial charge in [0.15, 0.2) is 0 Å². The summed E-state index contributed by atoms with van der Waals surface area (Å²) in [5.41, 5.74) is 1.09. The summed E-state index contributed by atoms with van der Waals surface area (Å²) in [7, 11) is 0. The van der Waals surface area contributed by atoms with E-state index in [4.69, 9.17) is 5.11 Å². The van der Waals surface area contributed by atoms with Crippen LogP contribution < -0.4 is 10.6 Å². The topological polar surface area (TPSA) is 78.4 Å². The number of anilines is 1. The molecule has 5 nitrogen and oxygen atoms in total. The van der Waals surface area contributed by atoms with Gasteiger partial charge in [0.25, 0.3) is 0 Å². The van der Waals surface area contributed by atoms with E-state index in [2.05, 4.69) is 10.6 Å². The summed E-state index contributed by atoms with van der Waals surface area (Å²) >= 11 is 0. The zero-order chi connectivity index (χ0) is 12.0. The van der Waals surface area contributed by atoms with Gasteiger partial charge in [-0.1, -0.05) is 0 Å². The van der Waals surface area contributed by atoms with Gasteiger partial charge in [0.2, 0.25) is 5.91 Å². The number of aromatic carboxylic acids is 1. The first-order valence-corrected chi connectivity index (χ1v) is 4.91. The van der Waals surface area contributed by atoms with Crippen LogP contribution >= 0.6 is 0 Å². The first kappa shape index (κ1) is 12.0. The van der Waals surface area contributed by atoms with Crippen molar-refractivity contribution in [1.29, 1.82) is 0 Å². The van der Waals surface area contributed by atoms with Gasteiger partial charge in [-0.2, -0.15) is 0 Å². The smallest absolute Gasteiger partial charge is 0.335 e. The molecule has 86 valence electrons. The zero-order valence-electron chi connectivity index (χ0n) is 8.99. The third-order valence-corrected chi connectivity index (χ3v) is 1.96. The average Bonchev–Trinajstić information content (AvgIpc) is 2.25. The van der Waals surface area contributed by atoms with Crippen LogP contribution in [0, 0.1) is 0 Å². The molecule has 0 atom stereocenters. The summed E-state index contributed by atoms with van der Waals surface area (Å²) in [6.45, 7) is 2.60. The highest BCUT2D eigenvalue weighted by Crippen LogP contribution is 2.08. The third kappa shape index (κ3) is 4.00. The molecule has 0 saturated heterocycles. The SMILES string of the molecule is CC(=O)NCCNc1ccc(C(=O)O)cc1. The van der Waals surface area contributed by atoms with Gasteiger partial charge >= 0.3 is 5.97 Å². The molecule has 5 heteroatoms. The Morgan fingerprint density at radius 1 is 1.19 bits per heavy atom. The van der Waals surface area contributed by atoms with Gasteiger partial charge in [-0.15, -0.1) is 0 Å². The number of nitrogens with one attached hydrogen (secondary N) is 2. The molecule has 0 aromatic heterocycles. The van der Waals surface area contributed by atoms with E-state index in [0.29, 0.717) is 13.1 Å².